The zero-order chi connectivity index (χ0) is 15.6. The van der Waals surface area contributed by atoms with Crippen molar-refractivity contribution in [1.82, 2.24) is 0 Å². The summed E-state index contributed by atoms with van der Waals surface area (Å²) in [4.78, 5) is 23.0. The number of amides is 1. The highest BCUT2D eigenvalue weighted by atomic mass is 79.9. The van der Waals surface area contributed by atoms with Gasteiger partial charge in [-0.25, -0.2) is 4.79 Å². The lowest BCUT2D eigenvalue weighted by Crippen LogP contribution is -2.13. The number of carbonyl (C=O) groups is 2. The number of aromatic carboxylic acids is 1. The van der Waals surface area contributed by atoms with Crippen molar-refractivity contribution in [2.45, 2.75) is 0 Å². The van der Waals surface area contributed by atoms with Crippen molar-refractivity contribution in [3.05, 3.63) is 61.5 Å². The van der Waals surface area contributed by atoms with Crippen LogP contribution in [0.15, 0.2) is 45.3 Å². The highest BCUT2D eigenvalue weighted by molar-refractivity contribution is 9.10. The SMILES string of the molecule is O=C(O)c1ccc(NC(=O)c2ccc(Br)cc2Cl)c(Br)c1. The summed E-state index contributed by atoms with van der Waals surface area (Å²) in [7, 11) is 0. The number of anilines is 1. The number of benzene rings is 2. The average molecular weight is 433 g/mol. The summed E-state index contributed by atoms with van der Waals surface area (Å²) in [5.41, 5.74) is 0.916. The number of carboxylic acid groups (broad SMARTS) is 1. The molecule has 2 aromatic carbocycles. The van der Waals surface area contributed by atoms with E-state index in [0.29, 0.717) is 20.7 Å². The molecule has 0 saturated carbocycles. The molecular weight excluding hydrogens is 425 g/mol. The highest BCUT2D eigenvalue weighted by Crippen LogP contribution is 2.26. The van der Waals surface area contributed by atoms with E-state index < -0.39 is 5.97 Å². The molecule has 2 rings (SSSR count). The van der Waals surface area contributed by atoms with Gasteiger partial charge in [-0.2, -0.15) is 0 Å². The van der Waals surface area contributed by atoms with Gasteiger partial charge in [0.25, 0.3) is 5.91 Å². The minimum Gasteiger partial charge on any atom is -0.478 e. The predicted octanol–water partition coefficient (Wildman–Crippen LogP) is 4.82. The van der Waals surface area contributed by atoms with Crippen molar-refractivity contribution in [2.24, 2.45) is 0 Å². The molecule has 7 heteroatoms. The molecule has 0 aliphatic heterocycles. The van der Waals surface area contributed by atoms with Crippen LogP contribution in [0.2, 0.25) is 5.02 Å². The monoisotopic (exact) mass is 431 g/mol. The van der Waals surface area contributed by atoms with Crippen LogP contribution in [0.3, 0.4) is 0 Å². The number of carboxylic acids is 1. The van der Waals surface area contributed by atoms with Crippen molar-refractivity contribution in [3.63, 3.8) is 0 Å². The van der Waals surface area contributed by atoms with Crippen LogP contribution in [0.5, 0.6) is 0 Å². The van der Waals surface area contributed by atoms with Gasteiger partial charge in [0, 0.05) is 8.95 Å². The Bertz CT molecular complexity index is 734. The first-order valence-corrected chi connectivity index (χ1v) is 7.64. The van der Waals surface area contributed by atoms with Crippen molar-refractivity contribution in [3.8, 4) is 0 Å². The molecule has 0 unspecified atom stereocenters. The molecule has 1 amide bonds. The fourth-order valence-electron chi connectivity index (χ4n) is 1.61. The molecule has 21 heavy (non-hydrogen) atoms. The minimum atomic E-state index is -1.04. The fourth-order valence-corrected chi connectivity index (χ4v) is 2.85. The van der Waals surface area contributed by atoms with Crippen molar-refractivity contribution in [2.75, 3.05) is 5.32 Å². The van der Waals surface area contributed by atoms with Crippen molar-refractivity contribution in [1.29, 1.82) is 0 Å². The standard InChI is InChI=1S/C14H8Br2ClNO3/c15-8-2-3-9(11(17)6-8)13(19)18-12-4-1-7(14(20)21)5-10(12)16/h1-6H,(H,18,19)(H,20,21). The fraction of sp³-hybridized carbons (Fsp3) is 0. The molecule has 0 heterocycles. The van der Waals surface area contributed by atoms with Gasteiger partial charge < -0.3 is 10.4 Å². The van der Waals surface area contributed by atoms with Gasteiger partial charge in [0.05, 0.1) is 21.8 Å². The van der Waals surface area contributed by atoms with E-state index in [9.17, 15) is 9.59 Å². The lowest BCUT2D eigenvalue weighted by Gasteiger charge is -2.09. The molecular formula is C14H8Br2ClNO3. The van der Waals surface area contributed by atoms with Gasteiger partial charge in [0.15, 0.2) is 0 Å². The van der Waals surface area contributed by atoms with E-state index >= 15 is 0 Å². The number of rotatable bonds is 3. The summed E-state index contributed by atoms with van der Waals surface area (Å²) in [5.74, 6) is -1.42. The molecule has 0 atom stereocenters. The number of halogens is 3. The quantitative estimate of drug-likeness (QED) is 0.730. The van der Waals surface area contributed by atoms with Gasteiger partial charge in [-0.1, -0.05) is 27.5 Å². The van der Waals surface area contributed by atoms with E-state index in [0.717, 1.165) is 4.47 Å². The van der Waals surface area contributed by atoms with E-state index in [4.69, 9.17) is 16.7 Å². The van der Waals surface area contributed by atoms with E-state index in [-0.39, 0.29) is 11.5 Å². The summed E-state index contributed by atoms with van der Waals surface area (Å²) < 4.78 is 1.25. The Morgan fingerprint density at radius 1 is 1.10 bits per heavy atom. The zero-order valence-corrected chi connectivity index (χ0v) is 14.3. The van der Waals surface area contributed by atoms with Gasteiger partial charge in [-0.3, -0.25) is 4.79 Å². The predicted molar refractivity (Wildman–Crippen MR) is 88.2 cm³/mol. The molecule has 0 aliphatic rings. The topological polar surface area (TPSA) is 66.4 Å². The first-order chi connectivity index (χ1) is 9.88. The second-order valence-corrected chi connectivity index (χ2v) is 6.26. The van der Waals surface area contributed by atoms with E-state index in [2.05, 4.69) is 37.2 Å². The lowest BCUT2D eigenvalue weighted by molar-refractivity contribution is 0.0696. The molecule has 0 bridgehead atoms. The lowest BCUT2D eigenvalue weighted by atomic mass is 10.2. The molecule has 2 N–H and O–H groups in total. The number of hydrogen-bond donors (Lipinski definition) is 2. The van der Waals surface area contributed by atoms with Gasteiger partial charge in [-0.05, 0) is 52.3 Å². The van der Waals surface area contributed by atoms with E-state index in [1.807, 2.05) is 0 Å². The molecule has 0 aromatic heterocycles. The third-order valence-electron chi connectivity index (χ3n) is 2.64. The summed E-state index contributed by atoms with van der Waals surface area (Å²) in [5, 5.41) is 11.9. The normalized spacial score (nSPS) is 10.2. The number of carbonyl (C=O) groups excluding carboxylic acids is 1. The third-order valence-corrected chi connectivity index (χ3v) is 4.10. The minimum absolute atomic E-state index is 0.126. The third kappa shape index (κ3) is 3.84. The van der Waals surface area contributed by atoms with Gasteiger partial charge in [0.2, 0.25) is 0 Å². The second kappa shape index (κ2) is 6.60. The summed E-state index contributed by atoms with van der Waals surface area (Å²) in [6.45, 7) is 0. The first-order valence-electron chi connectivity index (χ1n) is 5.67. The van der Waals surface area contributed by atoms with Gasteiger partial charge >= 0.3 is 5.97 Å². The smallest absolute Gasteiger partial charge is 0.335 e. The van der Waals surface area contributed by atoms with Crippen LogP contribution in [0.25, 0.3) is 0 Å². The molecule has 108 valence electrons. The van der Waals surface area contributed by atoms with Gasteiger partial charge in [0.1, 0.15) is 0 Å². The summed E-state index contributed by atoms with van der Waals surface area (Å²) in [6.07, 6.45) is 0. The Morgan fingerprint density at radius 3 is 2.38 bits per heavy atom. The van der Waals surface area contributed by atoms with Crippen LogP contribution >= 0.6 is 43.5 Å². The second-order valence-electron chi connectivity index (χ2n) is 4.08. The Hall–Kier alpha value is -1.37. The molecule has 2 aromatic rings. The van der Waals surface area contributed by atoms with E-state index in [1.165, 1.54) is 18.2 Å². The Morgan fingerprint density at radius 2 is 1.81 bits per heavy atom. The van der Waals surface area contributed by atoms with Crippen LogP contribution in [-0.2, 0) is 0 Å². The van der Waals surface area contributed by atoms with E-state index in [1.54, 1.807) is 18.2 Å². The number of nitrogens with one attached hydrogen (secondary N) is 1. The molecule has 0 spiro atoms. The van der Waals surface area contributed by atoms with Crippen LogP contribution in [0, 0.1) is 0 Å². The Labute approximate surface area is 142 Å². The largest absolute Gasteiger partial charge is 0.478 e. The van der Waals surface area contributed by atoms with Crippen LogP contribution in [0.4, 0.5) is 5.69 Å². The summed E-state index contributed by atoms with van der Waals surface area (Å²) >= 11 is 12.5. The van der Waals surface area contributed by atoms with Crippen LogP contribution < -0.4 is 5.32 Å². The van der Waals surface area contributed by atoms with Crippen LogP contribution in [-0.4, -0.2) is 17.0 Å². The summed E-state index contributed by atoms with van der Waals surface area (Å²) in [6, 6.07) is 9.27. The first kappa shape index (κ1) is 16.0. The van der Waals surface area contributed by atoms with Crippen LogP contribution in [0.1, 0.15) is 20.7 Å². The molecule has 0 saturated heterocycles. The molecule has 4 nitrogen and oxygen atoms in total. The average Bonchev–Trinajstić information content (AvgIpc) is 2.40. The molecule has 0 radical (unpaired) electrons. The van der Waals surface area contributed by atoms with Gasteiger partial charge in [-0.15, -0.1) is 0 Å². The number of hydrogen-bond acceptors (Lipinski definition) is 2. The maximum absolute atomic E-state index is 12.2. The Kier molecular flexibility index (Phi) is 5.03. The maximum Gasteiger partial charge on any atom is 0.335 e. The maximum atomic E-state index is 12.2. The van der Waals surface area contributed by atoms with Crippen molar-refractivity contribution >= 4 is 61.0 Å². The highest BCUT2D eigenvalue weighted by Gasteiger charge is 2.13. The zero-order valence-electron chi connectivity index (χ0n) is 10.4. The van der Waals surface area contributed by atoms with Crippen molar-refractivity contribution < 1.29 is 14.7 Å². The molecule has 0 aliphatic carbocycles. The Balaban J connectivity index is 2.25. The molecule has 0 fully saturated rings.